The normalized spacial score (nSPS) is 26.1. The summed E-state index contributed by atoms with van der Waals surface area (Å²) in [6.45, 7) is 5.97. The third-order valence-electron chi connectivity index (χ3n) is 3.78. The molecule has 1 aromatic rings. The molecular formula is C15H20N2O2. The minimum absolute atomic E-state index is 0.0313. The predicted octanol–water partition coefficient (Wildman–Crippen LogP) is 2.25. The molecule has 1 fully saturated rings. The van der Waals surface area contributed by atoms with Gasteiger partial charge in [-0.3, -0.25) is 0 Å². The standard InChI is InChI=1S/C15H20N2O2/c1-12-15(2,6-8-18-12)17-11-13-4-3-5-14(10-13)19-9-7-16/h3-5,10,12,17H,6,8-9,11H2,1-2H3. The lowest BCUT2D eigenvalue weighted by atomic mass is 9.94. The van der Waals surface area contributed by atoms with Crippen LogP contribution in [0.1, 0.15) is 25.8 Å². The van der Waals surface area contributed by atoms with E-state index in [9.17, 15) is 0 Å². The topological polar surface area (TPSA) is 54.3 Å². The predicted molar refractivity (Wildman–Crippen MR) is 72.8 cm³/mol. The van der Waals surface area contributed by atoms with Gasteiger partial charge in [-0.1, -0.05) is 12.1 Å². The Bertz CT molecular complexity index is 469. The number of hydrogen-bond acceptors (Lipinski definition) is 4. The summed E-state index contributed by atoms with van der Waals surface area (Å²) in [5, 5.41) is 12.1. The first-order chi connectivity index (χ1) is 9.14. The van der Waals surface area contributed by atoms with Gasteiger partial charge in [-0.15, -0.1) is 0 Å². The van der Waals surface area contributed by atoms with E-state index < -0.39 is 0 Å². The molecule has 2 unspecified atom stereocenters. The second kappa shape index (κ2) is 6.05. The van der Waals surface area contributed by atoms with E-state index in [1.54, 1.807) is 0 Å². The second-order valence-electron chi connectivity index (χ2n) is 5.13. The van der Waals surface area contributed by atoms with Gasteiger partial charge >= 0.3 is 0 Å². The molecular weight excluding hydrogens is 240 g/mol. The van der Waals surface area contributed by atoms with Crippen molar-refractivity contribution in [3.8, 4) is 11.8 Å². The summed E-state index contributed by atoms with van der Waals surface area (Å²) < 4.78 is 10.9. The quantitative estimate of drug-likeness (QED) is 0.882. The first-order valence-electron chi connectivity index (χ1n) is 6.59. The van der Waals surface area contributed by atoms with Gasteiger partial charge in [0.05, 0.1) is 6.10 Å². The smallest absolute Gasteiger partial charge is 0.174 e. The number of benzene rings is 1. The molecule has 0 radical (unpaired) electrons. The molecule has 0 bridgehead atoms. The molecule has 4 heteroatoms. The van der Waals surface area contributed by atoms with Gasteiger partial charge in [0, 0.05) is 18.7 Å². The molecule has 1 heterocycles. The summed E-state index contributed by atoms with van der Waals surface area (Å²) in [5.74, 6) is 0.738. The molecule has 1 saturated heterocycles. The minimum Gasteiger partial charge on any atom is -0.479 e. The van der Waals surface area contributed by atoms with Crippen LogP contribution in [0.4, 0.5) is 0 Å². The van der Waals surface area contributed by atoms with Crippen LogP contribution >= 0.6 is 0 Å². The van der Waals surface area contributed by atoms with E-state index in [-0.39, 0.29) is 18.2 Å². The first-order valence-corrected chi connectivity index (χ1v) is 6.59. The van der Waals surface area contributed by atoms with Crippen molar-refractivity contribution in [2.75, 3.05) is 13.2 Å². The van der Waals surface area contributed by atoms with Crippen molar-refractivity contribution >= 4 is 0 Å². The maximum absolute atomic E-state index is 8.51. The third kappa shape index (κ3) is 3.46. The highest BCUT2D eigenvalue weighted by Crippen LogP contribution is 2.25. The van der Waals surface area contributed by atoms with Crippen molar-refractivity contribution < 1.29 is 9.47 Å². The van der Waals surface area contributed by atoms with Crippen LogP contribution in [0.5, 0.6) is 5.75 Å². The first kappa shape index (κ1) is 13.9. The summed E-state index contributed by atoms with van der Waals surface area (Å²) in [6.07, 6.45) is 1.25. The van der Waals surface area contributed by atoms with Crippen molar-refractivity contribution in [2.24, 2.45) is 0 Å². The summed E-state index contributed by atoms with van der Waals surface area (Å²) in [4.78, 5) is 0. The van der Waals surface area contributed by atoms with E-state index in [0.717, 1.165) is 30.9 Å². The van der Waals surface area contributed by atoms with Gasteiger partial charge in [-0.05, 0) is 38.0 Å². The fourth-order valence-electron chi connectivity index (χ4n) is 2.23. The number of nitrogens with one attached hydrogen (secondary N) is 1. The van der Waals surface area contributed by atoms with Crippen molar-refractivity contribution in [2.45, 2.75) is 38.5 Å². The van der Waals surface area contributed by atoms with Crippen molar-refractivity contribution in [1.82, 2.24) is 5.32 Å². The van der Waals surface area contributed by atoms with E-state index in [0.29, 0.717) is 0 Å². The molecule has 1 N–H and O–H groups in total. The molecule has 2 atom stereocenters. The lowest BCUT2D eigenvalue weighted by molar-refractivity contribution is 0.0881. The highest BCUT2D eigenvalue weighted by Gasteiger charge is 2.36. The Labute approximate surface area is 114 Å². The fourth-order valence-corrected chi connectivity index (χ4v) is 2.23. The van der Waals surface area contributed by atoms with Crippen LogP contribution < -0.4 is 10.1 Å². The lowest BCUT2D eigenvalue weighted by Crippen LogP contribution is -2.47. The molecule has 0 amide bonds. The highest BCUT2D eigenvalue weighted by atomic mass is 16.5. The average Bonchev–Trinajstić information content (AvgIpc) is 2.75. The van der Waals surface area contributed by atoms with Gasteiger partial charge in [-0.25, -0.2) is 0 Å². The zero-order chi connectivity index (χ0) is 13.7. The number of ether oxygens (including phenoxy) is 2. The Hall–Kier alpha value is -1.57. The Morgan fingerprint density at radius 1 is 1.58 bits per heavy atom. The minimum atomic E-state index is 0.0313. The second-order valence-corrected chi connectivity index (χ2v) is 5.13. The number of rotatable bonds is 5. The zero-order valence-corrected chi connectivity index (χ0v) is 11.5. The van der Waals surface area contributed by atoms with Crippen LogP contribution in [0.15, 0.2) is 24.3 Å². The summed E-state index contributed by atoms with van der Waals surface area (Å²) in [5.41, 5.74) is 1.18. The van der Waals surface area contributed by atoms with E-state index in [1.807, 2.05) is 24.3 Å². The van der Waals surface area contributed by atoms with Crippen LogP contribution in [-0.4, -0.2) is 24.9 Å². The molecule has 2 rings (SSSR count). The van der Waals surface area contributed by atoms with Crippen LogP contribution in [-0.2, 0) is 11.3 Å². The largest absolute Gasteiger partial charge is 0.479 e. The van der Waals surface area contributed by atoms with Crippen LogP contribution in [0, 0.1) is 11.3 Å². The molecule has 1 aliphatic heterocycles. The highest BCUT2D eigenvalue weighted by molar-refractivity contribution is 5.28. The molecule has 0 spiro atoms. The van der Waals surface area contributed by atoms with Gasteiger partial charge in [-0.2, -0.15) is 5.26 Å². The number of nitriles is 1. The van der Waals surface area contributed by atoms with E-state index in [1.165, 1.54) is 0 Å². The van der Waals surface area contributed by atoms with E-state index in [2.05, 4.69) is 25.2 Å². The molecule has 4 nitrogen and oxygen atoms in total. The Kier molecular flexibility index (Phi) is 4.41. The third-order valence-corrected chi connectivity index (χ3v) is 3.78. The van der Waals surface area contributed by atoms with Crippen LogP contribution in [0.2, 0.25) is 0 Å². The Balaban J connectivity index is 1.94. The van der Waals surface area contributed by atoms with Crippen molar-refractivity contribution in [3.05, 3.63) is 29.8 Å². The van der Waals surface area contributed by atoms with Gasteiger partial charge in [0.15, 0.2) is 6.61 Å². The maximum Gasteiger partial charge on any atom is 0.174 e. The summed E-state index contributed by atoms with van der Waals surface area (Å²) >= 11 is 0. The molecule has 1 aromatic carbocycles. The molecule has 0 aromatic heterocycles. The number of nitrogens with zero attached hydrogens (tertiary/aromatic N) is 1. The van der Waals surface area contributed by atoms with Gasteiger partial charge in [0.1, 0.15) is 11.8 Å². The lowest BCUT2D eigenvalue weighted by Gasteiger charge is -2.29. The summed E-state index contributed by atoms with van der Waals surface area (Å²) in [6, 6.07) is 9.80. The van der Waals surface area contributed by atoms with Crippen LogP contribution in [0.25, 0.3) is 0 Å². The molecule has 0 aliphatic carbocycles. The maximum atomic E-state index is 8.51. The fraction of sp³-hybridized carbons (Fsp3) is 0.533. The van der Waals surface area contributed by atoms with Gasteiger partial charge in [0.25, 0.3) is 0 Å². The van der Waals surface area contributed by atoms with Crippen molar-refractivity contribution in [3.63, 3.8) is 0 Å². The molecule has 0 saturated carbocycles. The molecule has 102 valence electrons. The molecule has 1 aliphatic rings. The molecule has 19 heavy (non-hydrogen) atoms. The van der Waals surface area contributed by atoms with E-state index in [4.69, 9.17) is 14.7 Å². The SMILES string of the molecule is CC1OCCC1(C)NCc1cccc(OCC#N)c1. The average molecular weight is 260 g/mol. The van der Waals surface area contributed by atoms with Crippen LogP contribution in [0.3, 0.4) is 0 Å². The summed E-state index contributed by atoms with van der Waals surface area (Å²) in [7, 11) is 0. The van der Waals surface area contributed by atoms with Gasteiger partial charge in [0.2, 0.25) is 0 Å². The van der Waals surface area contributed by atoms with Gasteiger partial charge < -0.3 is 14.8 Å². The number of hydrogen-bond donors (Lipinski definition) is 1. The Morgan fingerprint density at radius 3 is 3.11 bits per heavy atom. The monoisotopic (exact) mass is 260 g/mol. The Morgan fingerprint density at radius 2 is 2.42 bits per heavy atom. The van der Waals surface area contributed by atoms with Crippen molar-refractivity contribution in [1.29, 1.82) is 5.26 Å². The van der Waals surface area contributed by atoms with E-state index >= 15 is 0 Å². The zero-order valence-electron chi connectivity index (χ0n) is 11.5.